The highest BCUT2D eigenvalue weighted by Crippen LogP contribution is 2.28. The van der Waals surface area contributed by atoms with E-state index in [4.69, 9.17) is 4.74 Å². The van der Waals surface area contributed by atoms with Gasteiger partial charge in [-0.15, -0.1) is 0 Å². The van der Waals surface area contributed by atoms with E-state index in [0.717, 1.165) is 39.0 Å². The summed E-state index contributed by atoms with van der Waals surface area (Å²) in [6.45, 7) is 6.81. The third-order valence-electron chi connectivity index (χ3n) is 3.07. The zero-order chi connectivity index (χ0) is 10.6. The zero-order valence-electron chi connectivity index (χ0n) is 9.62. The average molecular weight is 201 g/mol. The molecule has 1 atom stereocenters. The minimum Gasteiger partial charge on any atom is -0.387 e. The maximum atomic E-state index is 9.98. The minimum atomic E-state index is -0.393. The number of rotatable bonds is 6. The molecule has 3 heteroatoms. The van der Waals surface area contributed by atoms with Crippen molar-refractivity contribution in [2.24, 2.45) is 0 Å². The highest BCUT2D eigenvalue weighted by Gasteiger charge is 2.41. The first-order valence-electron chi connectivity index (χ1n) is 5.56. The van der Waals surface area contributed by atoms with Gasteiger partial charge < -0.3 is 9.84 Å². The molecule has 1 aliphatic heterocycles. The largest absolute Gasteiger partial charge is 0.387 e. The van der Waals surface area contributed by atoms with Crippen LogP contribution in [0.15, 0.2) is 0 Å². The number of hydrogen-bond acceptors (Lipinski definition) is 3. The van der Waals surface area contributed by atoms with Crippen molar-refractivity contribution in [2.75, 3.05) is 26.8 Å². The Bertz CT molecular complexity index is 167. The van der Waals surface area contributed by atoms with E-state index in [-0.39, 0.29) is 0 Å². The molecule has 14 heavy (non-hydrogen) atoms. The van der Waals surface area contributed by atoms with Crippen LogP contribution in [0.4, 0.5) is 0 Å². The van der Waals surface area contributed by atoms with Gasteiger partial charge in [0.25, 0.3) is 0 Å². The molecule has 0 aliphatic carbocycles. The highest BCUT2D eigenvalue weighted by molar-refractivity contribution is 4.96. The predicted molar refractivity (Wildman–Crippen MR) is 57.4 cm³/mol. The van der Waals surface area contributed by atoms with E-state index in [1.54, 1.807) is 7.11 Å². The quantitative estimate of drug-likeness (QED) is 0.702. The van der Waals surface area contributed by atoms with Gasteiger partial charge >= 0.3 is 0 Å². The molecule has 0 amide bonds. The summed E-state index contributed by atoms with van der Waals surface area (Å²) in [5.41, 5.74) is -0.393. The van der Waals surface area contributed by atoms with Gasteiger partial charge in [-0.3, -0.25) is 4.90 Å². The molecule has 0 radical (unpaired) electrons. The topological polar surface area (TPSA) is 32.7 Å². The highest BCUT2D eigenvalue weighted by atomic mass is 16.5. The number of nitrogens with zero attached hydrogens (tertiary/aromatic N) is 1. The van der Waals surface area contributed by atoms with E-state index >= 15 is 0 Å². The van der Waals surface area contributed by atoms with Crippen LogP contribution in [0.1, 0.15) is 33.1 Å². The maximum Gasteiger partial charge on any atom is 0.0900 e. The van der Waals surface area contributed by atoms with Gasteiger partial charge in [0.05, 0.1) is 5.60 Å². The van der Waals surface area contributed by atoms with Crippen molar-refractivity contribution in [2.45, 2.75) is 44.8 Å². The summed E-state index contributed by atoms with van der Waals surface area (Å²) < 4.78 is 5.04. The Morgan fingerprint density at radius 3 is 2.64 bits per heavy atom. The standard InChI is InChI=1S/C11H23NO2/c1-4-6-11(13)8-12(9-11)10(2)5-7-14-3/h10,13H,4-9H2,1-3H3. The molecule has 0 aromatic carbocycles. The van der Waals surface area contributed by atoms with E-state index in [1.807, 2.05) is 0 Å². The van der Waals surface area contributed by atoms with Crippen LogP contribution < -0.4 is 0 Å². The first-order chi connectivity index (χ1) is 6.61. The smallest absolute Gasteiger partial charge is 0.0900 e. The molecule has 0 aromatic heterocycles. The van der Waals surface area contributed by atoms with Crippen molar-refractivity contribution in [1.82, 2.24) is 4.90 Å². The summed E-state index contributed by atoms with van der Waals surface area (Å²) in [5, 5.41) is 9.98. The molecular weight excluding hydrogens is 178 g/mol. The Balaban J connectivity index is 2.19. The van der Waals surface area contributed by atoms with Crippen LogP contribution in [0.25, 0.3) is 0 Å². The van der Waals surface area contributed by atoms with Gasteiger partial charge in [-0.05, 0) is 19.8 Å². The van der Waals surface area contributed by atoms with Crippen LogP contribution in [-0.2, 0) is 4.74 Å². The minimum absolute atomic E-state index is 0.393. The normalized spacial score (nSPS) is 23.1. The second-order valence-electron chi connectivity index (χ2n) is 4.51. The van der Waals surface area contributed by atoms with Crippen LogP contribution >= 0.6 is 0 Å². The third-order valence-corrected chi connectivity index (χ3v) is 3.07. The van der Waals surface area contributed by atoms with E-state index in [0.29, 0.717) is 6.04 Å². The molecule has 1 heterocycles. The summed E-state index contributed by atoms with van der Waals surface area (Å²) in [5.74, 6) is 0. The zero-order valence-corrected chi connectivity index (χ0v) is 9.62. The Labute approximate surface area is 87.1 Å². The molecule has 0 aromatic rings. The van der Waals surface area contributed by atoms with Crippen molar-refractivity contribution >= 4 is 0 Å². The molecule has 84 valence electrons. The summed E-state index contributed by atoms with van der Waals surface area (Å²) in [6, 6.07) is 0.534. The van der Waals surface area contributed by atoms with E-state index in [2.05, 4.69) is 18.7 Å². The first kappa shape index (κ1) is 12.0. The number of aliphatic hydroxyl groups is 1. The molecule has 1 N–H and O–H groups in total. The third kappa shape index (κ3) is 2.94. The molecular formula is C11H23NO2. The number of likely N-dealkylation sites (tertiary alicyclic amines) is 1. The summed E-state index contributed by atoms with van der Waals surface area (Å²) in [4.78, 5) is 2.33. The lowest BCUT2D eigenvalue weighted by Gasteiger charge is -2.49. The van der Waals surface area contributed by atoms with E-state index in [9.17, 15) is 5.11 Å². The fourth-order valence-corrected chi connectivity index (χ4v) is 2.12. The fraction of sp³-hybridized carbons (Fsp3) is 1.00. The second kappa shape index (κ2) is 5.10. The molecule has 0 saturated carbocycles. The van der Waals surface area contributed by atoms with Crippen LogP contribution in [0.2, 0.25) is 0 Å². The van der Waals surface area contributed by atoms with Crippen LogP contribution in [0.3, 0.4) is 0 Å². The summed E-state index contributed by atoms with van der Waals surface area (Å²) >= 11 is 0. The van der Waals surface area contributed by atoms with E-state index < -0.39 is 5.60 Å². The lowest BCUT2D eigenvalue weighted by molar-refractivity contribution is -0.119. The maximum absolute atomic E-state index is 9.98. The molecule has 0 spiro atoms. The molecule has 0 bridgehead atoms. The van der Waals surface area contributed by atoms with Crippen LogP contribution in [0.5, 0.6) is 0 Å². The van der Waals surface area contributed by atoms with Crippen LogP contribution in [0, 0.1) is 0 Å². The SMILES string of the molecule is CCCC1(O)CN(C(C)CCOC)C1. The Morgan fingerprint density at radius 2 is 2.14 bits per heavy atom. The van der Waals surface area contributed by atoms with Gasteiger partial charge in [-0.2, -0.15) is 0 Å². The Hall–Kier alpha value is -0.120. The van der Waals surface area contributed by atoms with Gasteiger partial charge in [-0.25, -0.2) is 0 Å². The van der Waals surface area contributed by atoms with Gasteiger partial charge in [0.2, 0.25) is 0 Å². The lowest BCUT2D eigenvalue weighted by Crippen LogP contribution is -2.64. The van der Waals surface area contributed by atoms with Gasteiger partial charge in [-0.1, -0.05) is 13.3 Å². The number of hydrogen-bond donors (Lipinski definition) is 1. The molecule has 1 saturated heterocycles. The van der Waals surface area contributed by atoms with Gasteiger partial charge in [0.1, 0.15) is 0 Å². The molecule has 1 fully saturated rings. The fourth-order valence-electron chi connectivity index (χ4n) is 2.12. The van der Waals surface area contributed by atoms with Crippen molar-refractivity contribution in [3.05, 3.63) is 0 Å². The van der Waals surface area contributed by atoms with Crippen molar-refractivity contribution < 1.29 is 9.84 Å². The molecule has 1 aliphatic rings. The lowest BCUT2D eigenvalue weighted by atomic mass is 9.87. The number of methoxy groups -OCH3 is 1. The Morgan fingerprint density at radius 1 is 1.50 bits per heavy atom. The predicted octanol–water partition coefficient (Wildman–Crippen LogP) is 1.26. The first-order valence-corrected chi connectivity index (χ1v) is 5.56. The summed E-state index contributed by atoms with van der Waals surface area (Å²) in [7, 11) is 1.73. The number of ether oxygens (including phenoxy) is 1. The van der Waals surface area contributed by atoms with Gasteiger partial charge in [0.15, 0.2) is 0 Å². The van der Waals surface area contributed by atoms with Crippen molar-refractivity contribution in [3.63, 3.8) is 0 Å². The monoisotopic (exact) mass is 201 g/mol. The van der Waals surface area contributed by atoms with Crippen LogP contribution in [-0.4, -0.2) is 48.5 Å². The van der Waals surface area contributed by atoms with E-state index in [1.165, 1.54) is 0 Å². The Kier molecular flexibility index (Phi) is 4.35. The molecule has 1 rings (SSSR count). The molecule has 1 unspecified atom stereocenters. The number of β-amino-alcohol motifs (C(OH)–C–C–N with tert-alkyl or cyclic N) is 1. The van der Waals surface area contributed by atoms with Crippen molar-refractivity contribution in [1.29, 1.82) is 0 Å². The molecule has 3 nitrogen and oxygen atoms in total. The average Bonchev–Trinajstić information content (AvgIpc) is 2.10. The summed E-state index contributed by atoms with van der Waals surface area (Å²) in [6.07, 6.45) is 3.05. The second-order valence-corrected chi connectivity index (χ2v) is 4.51. The van der Waals surface area contributed by atoms with Gasteiger partial charge in [0, 0.05) is 32.8 Å². The van der Waals surface area contributed by atoms with Crippen molar-refractivity contribution in [3.8, 4) is 0 Å².